The Morgan fingerprint density at radius 3 is 2.44 bits per heavy atom. The largest absolute Gasteiger partial charge is 0.319 e. The number of nitrogens with one attached hydrogen (secondary N) is 1. The molecule has 1 atom stereocenters. The van der Waals surface area contributed by atoms with E-state index in [-0.39, 0.29) is 0 Å². The van der Waals surface area contributed by atoms with E-state index in [9.17, 15) is 8.42 Å². The van der Waals surface area contributed by atoms with Crippen LogP contribution >= 0.6 is 0 Å². The number of hydrogen-bond donors (Lipinski definition) is 1. The zero-order chi connectivity index (χ0) is 13.0. The Labute approximate surface area is 111 Å². The summed E-state index contributed by atoms with van der Waals surface area (Å²) in [5.74, 6) is 1.29. The first kappa shape index (κ1) is 14.3. The normalized spacial score (nSPS) is 27.7. The van der Waals surface area contributed by atoms with Crippen molar-refractivity contribution in [3.63, 3.8) is 0 Å². The van der Waals surface area contributed by atoms with Crippen LogP contribution in [0, 0.1) is 11.8 Å². The minimum atomic E-state index is -3.01. The predicted molar refractivity (Wildman–Crippen MR) is 74.0 cm³/mol. The lowest BCUT2D eigenvalue weighted by molar-refractivity contribution is 0.262. The average molecular weight is 274 g/mol. The fraction of sp³-hybridized carbons (Fsp3) is 1.00. The van der Waals surface area contributed by atoms with Crippen LogP contribution in [-0.2, 0) is 10.0 Å². The minimum Gasteiger partial charge on any atom is -0.319 e. The molecule has 0 spiro atoms. The predicted octanol–water partition coefficient (Wildman–Crippen LogP) is 1.44. The van der Waals surface area contributed by atoms with E-state index in [2.05, 4.69) is 5.32 Å². The quantitative estimate of drug-likeness (QED) is 0.825. The van der Waals surface area contributed by atoms with Crippen molar-refractivity contribution in [3.8, 4) is 0 Å². The van der Waals surface area contributed by atoms with Gasteiger partial charge in [-0.05, 0) is 51.1 Å². The first-order valence-corrected chi connectivity index (χ1v) is 8.85. The van der Waals surface area contributed by atoms with Crippen molar-refractivity contribution in [2.24, 2.45) is 11.8 Å². The van der Waals surface area contributed by atoms with Gasteiger partial charge in [0, 0.05) is 13.1 Å². The van der Waals surface area contributed by atoms with Crippen LogP contribution in [0.25, 0.3) is 0 Å². The van der Waals surface area contributed by atoms with Crippen molar-refractivity contribution in [3.05, 3.63) is 0 Å². The van der Waals surface area contributed by atoms with Gasteiger partial charge in [-0.1, -0.05) is 12.8 Å². The summed E-state index contributed by atoms with van der Waals surface area (Å²) in [5, 5.41) is 3.16. The Morgan fingerprint density at radius 1 is 1.11 bits per heavy atom. The standard InChI is InChI=1S/C13H26N2O2S/c1-14-9-13-7-4-8-15(10-13)18(16,17)11-12-5-2-3-6-12/h12-14H,2-11H2,1H3. The van der Waals surface area contributed by atoms with Gasteiger partial charge in [0.15, 0.2) is 0 Å². The first-order valence-electron chi connectivity index (χ1n) is 7.24. The van der Waals surface area contributed by atoms with Gasteiger partial charge < -0.3 is 5.32 Å². The Hall–Kier alpha value is -0.130. The van der Waals surface area contributed by atoms with Gasteiger partial charge in [-0.3, -0.25) is 0 Å². The topological polar surface area (TPSA) is 49.4 Å². The average Bonchev–Trinajstić information content (AvgIpc) is 2.82. The molecular weight excluding hydrogens is 248 g/mol. The molecule has 106 valence electrons. The van der Waals surface area contributed by atoms with Gasteiger partial charge in [-0.25, -0.2) is 12.7 Å². The number of nitrogens with zero attached hydrogens (tertiary/aromatic N) is 1. The van der Waals surface area contributed by atoms with E-state index in [1.807, 2.05) is 7.05 Å². The lowest BCUT2D eigenvalue weighted by atomic mass is 10.00. The molecule has 0 aromatic rings. The van der Waals surface area contributed by atoms with Crippen LogP contribution in [-0.4, -0.2) is 45.2 Å². The second kappa shape index (κ2) is 6.35. The second-order valence-electron chi connectivity index (χ2n) is 5.85. The summed E-state index contributed by atoms with van der Waals surface area (Å²) < 4.78 is 26.5. The summed E-state index contributed by atoms with van der Waals surface area (Å²) in [7, 11) is -1.08. The van der Waals surface area contributed by atoms with Crippen molar-refractivity contribution in [2.45, 2.75) is 38.5 Å². The highest BCUT2D eigenvalue weighted by atomic mass is 32.2. The molecule has 2 rings (SSSR count). The third kappa shape index (κ3) is 3.68. The van der Waals surface area contributed by atoms with Crippen LogP contribution in [0.2, 0.25) is 0 Å². The fourth-order valence-corrected chi connectivity index (χ4v) is 5.30. The van der Waals surface area contributed by atoms with Crippen molar-refractivity contribution < 1.29 is 8.42 Å². The summed E-state index contributed by atoms with van der Waals surface area (Å²) in [5.41, 5.74) is 0. The smallest absolute Gasteiger partial charge is 0.214 e. The zero-order valence-corrected chi connectivity index (χ0v) is 12.2. The molecule has 0 aromatic carbocycles. The van der Waals surface area contributed by atoms with Crippen LogP contribution in [0.1, 0.15) is 38.5 Å². The van der Waals surface area contributed by atoms with Gasteiger partial charge in [0.1, 0.15) is 0 Å². The van der Waals surface area contributed by atoms with Gasteiger partial charge >= 0.3 is 0 Å². The van der Waals surface area contributed by atoms with E-state index in [0.29, 0.717) is 17.6 Å². The Balaban J connectivity index is 1.91. The van der Waals surface area contributed by atoms with Gasteiger partial charge in [-0.2, -0.15) is 0 Å². The summed E-state index contributed by atoms with van der Waals surface area (Å²) in [4.78, 5) is 0. The van der Waals surface area contributed by atoms with E-state index < -0.39 is 10.0 Å². The molecule has 4 nitrogen and oxygen atoms in total. The maximum Gasteiger partial charge on any atom is 0.214 e. The second-order valence-corrected chi connectivity index (χ2v) is 7.87. The van der Waals surface area contributed by atoms with Gasteiger partial charge in [0.05, 0.1) is 5.75 Å². The minimum absolute atomic E-state index is 0.388. The highest BCUT2D eigenvalue weighted by Gasteiger charge is 2.31. The van der Waals surface area contributed by atoms with Gasteiger partial charge in [-0.15, -0.1) is 0 Å². The maximum atomic E-state index is 12.4. The first-order chi connectivity index (χ1) is 8.62. The Kier molecular flexibility index (Phi) is 5.04. The maximum absolute atomic E-state index is 12.4. The van der Waals surface area contributed by atoms with Crippen LogP contribution in [0.15, 0.2) is 0 Å². The summed E-state index contributed by atoms with van der Waals surface area (Å²) >= 11 is 0. The molecule has 5 heteroatoms. The van der Waals surface area contributed by atoms with Crippen molar-refractivity contribution in [1.82, 2.24) is 9.62 Å². The summed E-state index contributed by atoms with van der Waals surface area (Å²) in [6.07, 6.45) is 6.79. The van der Waals surface area contributed by atoms with Crippen LogP contribution < -0.4 is 5.32 Å². The summed E-state index contributed by atoms with van der Waals surface area (Å²) in [6.45, 7) is 2.38. The number of sulfonamides is 1. The molecule has 1 saturated carbocycles. The number of rotatable bonds is 5. The van der Waals surface area contributed by atoms with E-state index in [1.165, 1.54) is 12.8 Å². The third-order valence-electron chi connectivity index (χ3n) is 4.29. The van der Waals surface area contributed by atoms with E-state index in [0.717, 1.165) is 45.3 Å². The van der Waals surface area contributed by atoms with Crippen LogP contribution in [0.4, 0.5) is 0 Å². The van der Waals surface area contributed by atoms with E-state index >= 15 is 0 Å². The number of piperidine rings is 1. The molecule has 0 bridgehead atoms. The van der Waals surface area contributed by atoms with Gasteiger partial charge in [0.25, 0.3) is 0 Å². The molecule has 18 heavy (non-hydrogen) atoms. The molecule has 1 N–H and O–H groups in total. The van der Waals surface area contributed by atoms with Crippen molar-refractivity contribution in [2.75, 3.05) is 32.4 Å². The molecular formula is C13H26N2O2S. The third-order valence-corrected chi connectivity index (χ3v) is 6.30. The molecule has 1 aliphatic heterocycles. The molecule has 1 aliphatic carbocycles. The molecule has 1 heterocycles. The molecule has 2 fully saturated rings. The lowest BCUT2D eigenvalue weighted by Gasteiger charge is -2.32. The fourth-order valence-electron chi connectivity index (χ4n) is 3.32. The van der Waals surface area contributed by atoms with E-state index in [1.54, 1.807) is 4.31 Å². The summed E-state index contributed by atoms with van der Waals surface area (Å²) in [6, 6.07) is 0. The highest BCUT2D eigenvalue weighted by molar-refractivity contribution is 7.89. The molecule has 0 radical (unpaired) electrons. The van der Waals surface area contributed by atoms with Crippen molar-refractivity contribution >= 4 is 10.0 Å². The monoisotopic (exact) mass is 274 g/mol. The molecule has 1 saturated heterocycles. The lowest BCUT2D eigenvalue weighted by Crippen LogP contribution is -2.44. The Morgan fingerprint density at radius 2 is 1.78 bits per heavy atom. The van der Waals surface area contributed by atoms with Crippen LogP contribution in [0.5, 0.6) is 0 Å². The van der Waals surface area contributed by atoms with Crippen LogP contribution in [0.3, 0.4) is 0 Å². The SMILES string of the molecule is CNCC1CCCN(S(=O)(=O)CC2CCCC2)C1. The zero-order valence-electron chi connectivity index (χ0n) is 11.4. The number of hydrogen-bond acceptors (Lipinski definition) is 3. The molecule has 0 amide bonds. The Bertz CT molecular complexity index is 348. The molecule has 1 unspecified atom stereocenters. The highest BCUT2D eigenvalue weighted by Crippen LogP contribution is 2.28. The molecule has 2 aliphatic rings. The van der Waals surface area contributed by atoms with Crippen molar-refractivity contribution in [1.29, 1.82) is 0 Å². The van der Waals surface area contributed by atoms with E-state index in [4.69, 9.17) is 0 Å². The molecule has 0 aromatic heterocycles. The van der Waals surface area contributed by atoms with Gasteiger partial charge in [0.2, 0.25) is 10.0 Å².